The van der Waals surface area contributed by atoms with Gasteiger partial charge < -0.3 is 16.2 Å². The summed E-state index contributed by atoms with van der Waals surface area (Å²) < 4.78 is 23.0. The highest BCUT2D eigenvalue weighted by atomic mass is 32.2. The highest BCUT2D eigenvalue weighted by molar-refractivity contribution is 7.89. The lowest BCUT2D eigenvalue weighted by Gasteiger charge is -2.25. The third kappa shape index (κ3) is 4.70. The standard InChI is InChI=1S/C12H21N3O3S/c1-12(2,5-6-16)8-15-10-4-3-9(13)7-11(10)19(14,17)18/h3-4,7,15-16H,5-6,8,13H2,1-2H3,(H2,14,17,18). The minimum atomic E-state index is -3.83. The molecule has 1 aromatic rings. The molecule has 0 radical (unpaired) electrons. The second-order valence-electron chi connectivity index (χ2n) is 5.29. The molecule has 0 aliphatic heterocycles. The molecule has 0 spiro atoms. The lowest BCUT2D eigenvalue weighted by atomic mass is 9.89. The first kappa shape index (κ1) is 15.7. The van der Waals surface area contributed by atoms with Crippen molar-refractivity contribution in [3.63, 3.8) is 0 Å². The number of anilines is 2. The molecule has 0 saturated carbocycles. The quantitative estimate of drug-likeness (QED) is 0.575. The van der Waals surface area contributed by atoms with Crippen LogP contribution >= 0.6 is 0 Å². The van der Waals surface area contributed by atoms with Gasteiger partial charge in [0.25, 0.3) is 0 Å². The number of hydrogen-bond donors (Lipinski definition) is 4. The van der Waals surface area contributed by atoms with Gasteiger partial charge in [0.1, 0.15) is 4.90 Å². The number of hydrogen-bond acceptors (Lipinski definition) is 5. The van der Waals surface area contributed by atoms with Crippen LogP contribution in [0.4, 0.5) is 11.4 Å². The molecule has 0 saturated heterocycles. The number of nitrogens with one attached hydrogen (secondary N) is 1. The minimum absolute atomic E-state index is 0.0210. The van der Waals surface area contributed by atoms with Crippen molar-refractivity contribution in [1.29, 1.82) is 0 Å². The van der Waals surface area contributed by atoms with Crippen molar-refractivity contribution in [2.75, 3.05) is 24.2 Å². The number of nitrogen functional groups attached to an aromatic ring is 1. The Balaban J connectivity index is 2.96. The van der Waals surface area contributed by atoms with Crippen LogP contribution in [-0.4, -0.2) is 26.7 Å². The molecule has 19 heavy (non-hydrogen) atoms. The van der Waals surface area contributed by atoms with Crippen LogP contribution in [0.3, 0.4) is 0 Å². The SMILES string of the molecule is CC(C)(CCO)CNc1ccc(N)cc1S(N)(=O)=O. The molecule has 0 fully saturated rings. The summed E-state index contributed by atoms with van der Waals surface area (Å²) in [6, 6.07) is 4.52. The topological polar surface area (TPSA) is 118 Å². The van der Waals surface area contributed by atoms with E-state index in [9.17, 15) is 8.42 Å². The lowest BCUT2D eigenvalue weighted by Crippen LogP contribution is -2.25. The zero-order valence-electron chi connectivity index (χ0n) is 11.2. The number of primary sulfonamides is 1. The molecule has 0 heterocycles. The Bertz CT molecular complexity index is 541. The van der Waals surface area contributed by atoms with Crippen LogP contribution in [0.2, 0.25) is 0 Å². The second kappa shape index (κ2) is 5.77. The average molecular weight is 287 g/mol. The van der Waals surface area contributed by atoms with Crippen molar-refractivity contribution >= 4 is 21.4 Å². The fourth-order valence-electron chi connectivity index (χ4n) is 1.65. The molecule has 0 aliphatic carbocycles. The Hall–Kier alpha value is -1.31. The molecule has 7 heteroatoms. The second-order valence-corrected chi connectivity index (χ2v) is 6.82. The molecular formula is C12H21N3O3S. The van der Waals surface area contributed by atoms with Gasteiger partial charge in [-0.15, -0.1) is 0 Å². The number of nitrogens with two attached hydrogens (primary N) is 2. The van der Waals surface area contributed by atoms with Gasteiger partial charge in [-0.05, 0) is 30.0 Å². The molecule has 108 valence electrons. The number of sulfonamides is 1. The van der Waals surface area contributed by atoms with E-state index in [1.807, 2.05) is 13.8 Å². The summed E-state index contributed by atoms with van der Waals surface area (Å²) >= 11 is 0. The molecule has 1 aromatic carbocycles. The van der Waals surface area contributed by atoms with Crippen LogP contribution in [0.15, 0.2) is 23.1 Å². The fourth-order valence-corrected chi connectivity index (χ4v) is 2.39. The number of rotatable bonds is 6. The molecule has 0 aromatic heterocycles. The van der Waals surface area contributed by atoms with E-state index in [0.29, 0.717) is 24.3 Å². The van der Waals surface area contributed by atoms with Gasteiger partial charge in [-0.3, -0.25) is 0 Å². The summed E-state index contributed by atoms with van der Waals surface area (Å²) in [5, 5.41) is 17.2. The smallest absolute Gasteiger partial charge is 0.240 e. The molecule has 0 aliphatic rings. The summed E-state index contributed by atoms with van der Waals surface area (Å²) in [5.41, 5.74) is 6.17. The van der Waals surface area contributed by atoms with E-state index in [1.54, 1.807) is 12.1 Å². The van der Waals surface area contributed by atoms with Gasteiger partial charge in [-0.25, -0.2) is 13.6 Å². The van der Waals surface area contributed by atoms with Crippen LogP contribution in [0.5, 0.6) is 0 Å². The Morgan fingerprint density at radius 2 is 2.00 bits per heavy atom. The van der Waals surface area contributed by atoms with E-state index in [4.69, 9.17) is 16.0 Å². The van der Waals surface area contributed by atoms with Crippen molar-refractivity contribution in [3.05, 3.63) is 18.2 Å². The predicted octanol–water partition coefficient (Wildman–Crippen LogP) is 0.737. The summed E-state index contributed by atoms with van der Waals surface area (Å²) in [4.78, 5) is -0.0210. The van der Waals surface area contributed by atoms with Crippen LogP contribution < -0.4 is 16.2 Å². The molecule has 6 N–H and O–H groups in total. The van der Waals surface area contributed by atoms with Crippen LogP contribution in [-0.2, 0) is 10.0 Å². The fraction of sp³-hybridized carbons (Fsp3) is 0.500. The van der Waals surface area contributed by atoms with Crippen molar-refractivity contribution in [3.8, 4) is 0 Å². The molecule has 1 rings (SSSR count). The van der Waals surface area contributed by atoms with E-state index >= 15 is 0 Å². The van der Waals surface area contributed by atoms with Gasteiger partial charge in [0.15, 0.2) is 0 Å². The minimum Gasteiger partial charge on any atom is -0.399 e. The maximum Gasteiger partial charge on any atom is 0.240 e. The Kier molecular flexibility index (Phi) is 4.78. The van der Waals surface area contributed by atoms with E-state index in [-0.39, 0.29) is 16.9 Å². The summed E-state index contributed by atoms with van der Waals surface area (Å²) in [7, 11) is -3.83. The zero-order valence-corrected chi connectivity index (χ0v) is 12.0. The van der Waals surface area contributed by atoms with Crippen molar-refractivity contribution in [1.82, 2.24) is 0 Å². The third-order valence-corrected chi connectivity index (χ3v) is 3.81. The molecule has 0 amide bonds. The normalized spacial score (nSPS) is 12.4. The lowest BCUT2D eigenvalue weighted by molar-refractivity contribution is 0.220. The zero-order chi connectivity index (χ0) is 14.7. The van der Waals surface area contributed by atoms with Crippen molar-refractivity contribution in [2.24, 2.45) is 10.6 Å². The van der Waals surface area contributed by atoms with Crippen LogP contribution in [0.25, 0.3) is 0 Å². The molecule has 0 unspecified atom stereocenters. The summed E-state index contributed by atoms with van der Waals surface area (Å²) in [5.74, 6) is 0. The van der Waals surface area contributed by atoms with Crippen molar-refractivity contribution < 1.29 is 13.5 Å². The maximum absolute atomic E-state index is 11.5. The van der Waals surface area contributed by atoms with E-state index < -0.39 is 10.0 Å². The maximum atomic E-state index is 11.5. The Labute approximate surface area is 113 Å². The largest absolute Gasteiger partial charge is 0.399 e. The first-order valence-electron chi connectivity index (χ1n) is 5.93. The Morgan fingerprint density at radius 1 is 1.37 bits per heavy atom. The molecule has 0 bridgehead atoms. The highest BCUT2D eigenvalue weighted by Crippen LogP contribution is 2.26. The van der Waals surface area contributed by atoms with Crippen LogP contribution in [0, 0.1) is 5.41 Å². The number of aliphatic hydroxyl groups excluding tert-OH is 1. The molecule has 0 atom stereocenters. The van der Waals surface area contributed by atoms with Gasteiger partial charge >= 0.3 is 0 Å². The van der Waals surface area contributed by atoms with Gasteiger partial charge in [-0.1, -0.05) is 13.8 Å². The van der Waals surface area contributed by atoms with E-state index in [2.05, 4.69) is 5.32 Å². The summed E-state index contributed by atoms with van der Waals surface area (Å²) in [6.07, 6.45) is 0.611. The summed E-state index contributed by atoms with van der Waals surface area (Å²) in [6.45, 7) is 4.55. The van der Waals surface area contributed by atoms with Crippen molar-refractivity contribution in [2.45, 2.75) is 25.2 Å². The predicted molar refractivity (Wildman–Crippen MR) is 76.2 cm³/mol. The molecule has 6 nitrogen and oxygen atoms in total. The van der Waals surface area contributed by atoms with Crippen LogP contribution in [0.1, 0.15) is 20.3 Å². The highest BCUT2D eigenvalue weighted by Gasteiger charge is 2.19. The first-order chi connectivity index (χ1) is 8.65. The average Bonchev–Trinajstić information content (AvgIpc) is 2.26. The van der Waals surface area contributed by atoms with E-state index in [0.717, 1.165) is 0 Å². The van der Waals surface area contributed by atoms with Gasteiger partial charge in [-0.2, -0.15) is 0 Å². The van der Waals surface area contributed by atoms with Gasteiger partial charge in [0.05, 0.1) is 5.69 Å². The number of benzene rings is 1. The van der Waals surface area contributed by atoms with Gasteiger partial charge in [0, 0.05) is 18.8 Å². The third-order valence-electron chi connectivity index (χ3n) is 2.86. The molecular weight excluding hydrogens is 266 g/mol. The van der Waals surface area contributed by atoms with E-state index in [1.165, 1.54) is 6.07 Å². The monoisotopic (exact) mass is 287 g/mol. The Morgan fingerprint density at radius 3 is 2.53 bits per heavy atom. The number of aliphatic hydroxyl groups is 1. The first-order valence-corrected chi connectivity index (χ1v) is 7.47. The van der Waals surface area contributed by atoms with Gasteiger partial charge in [0.2, 0.25) is 10.0 Å².